The van der Waals surface area contributed by atoms with E-state index in [9.17, 15) is 15.6 Å². The summed E-state index contributed by atoms with van der Waals surface area (Å²) in [5.41, 5.74) is 12.2. The number of methoxy groups -OCH3 is 4. The summed E-state index contributed by atoms with van der Waals surface area (Å²) in [6.45, 7) is 17.1. The van der Waals surface area contributed by atoms with Crippen LogP contribution in [0.15, 0.2) is 24.8 Å². The van der Waals surface area contributed by atoms with Crippen LogP contribution in [0.1, 0.15) is 118 Å². The van der Waals surface area contributed by atoms with Gasteiger partial charge >= 0.3 is 0 Å². The fourth-order valence-corrected chi connectivity index (χ4v) is 15.3. The second kappa shape index (κ2) is 21.4. The molecule has 4 aromatic carbocycles. The van der Waals surface area contributed by atoms with Crippen LogP contribution in [-0.4, -0.2) is 137 Å². The zero-order valence-electron chi connectivity index (χ0n) is 47.6. The quantitative estimate of drug-likeness (QED) is 0.0990. The van der Waals surface area contributed by atoms with Crippen molar-refractivity contribution in [2.24, 2.45) is 0 Å². The molecule has 0 aliphatic carbocycles. The first-order chi connectivity index (χ1) is 38.3. The molecule has 8 aliphatic heterocycles. The Hall–Kier alpha value is -6.64. The van der Waals surface area contributed by atoms with Crippen molar-refractivity contribution in [3.63, 3.8) is 0 Å². The summed E-state index contributed by atoms with van der Waals surface area (Å²) in [5, 5.41) is 32.7. The minimum Gasteiger partial charge on any atom is -0.507 e. The molecule has 0 amide bonds. The van der Waals surface area contributed by atoms with Gasteiger partial charge in [-0.2, -0.15) is 10.5 Å². The third-order valence-electron chi connectivity index (χ3n) is 18.3. The Morgan fingerprint density at radius 1 is 0.595 bits per heavy atom. The smallest absolute Gasteiger partial charge is 0.231 e. The van der Waals surface area contributed by atoms with Crippen LogP contribution in [-0.2, 0) is 35.2 Å². The molecule has 0 radical (unpaired) electrons. The zero-order valence-corrected chi connectivity index (χ0v) is 47.6. The van der Waals surface area contributed by atoms with Crippen molar-refractivity contribution in [1.29, 1.82) is 10.5 Å². The van der Waals surface area contributed by atoms with Crippen LogP contribution >= 0.6 is 0 Å². The molecule has 2 saturated heterocycles. The highest BCUT2D eigenvalue weighted by Crippen LogP contribution is 2.61. The molecule has 420 valence electrons. The van der Waals surface area contributed by atoms with Crippen molar-refractivity contribution < 1.29 is 57.2 Å². The number of nitriles is 2. The van der Waals surface area contributed by atoms with Crippen molar-refractivity contribution >= 4 is 0 Å². The van der Waals surface area contributed by atoms with Gasteiger partial charge in [0.05, 0.1) is 38.4 Å². The number of aromatic hydroxyl groups is 1. The fourth-order valence-electron chi connectivity index (χ4n) is 15.3. The Kier molecular flexibility index (Phi) is 14.7. The highest BCUT2D eigenvalue weighted by Gasteiger charge is 2.58. The summed E-state index contributed by atoms with van der Waals surface area (Å²) in [5.74, 6) is 6.78. The number of hydrogen-bond donors (Lipinski definition) is 1. The van der Waals surface area contributed by atoms with Gasteiger partial charge in [-0.05, 0) is 103 Å². The van der Waals surface area contributed by atoms with Crippen molar-refractivity contribution in [1.82, 2.24) is 19.6 Å². The molecule has 4 bridgehead atoms. The molecule has 8 heterocycles. The maximum atomic E-state index is 11.4. The predicted molar refractivity (Wildman–Crippen MR) is 292 cm³/mol. The Morgan fingerprint density at radius 3 is 1.47 bits per heavy atom. The molecule has 18 nitrogen and oxygen atoms in total. The monoisotopic (exact) mass is 1080 g/mol. The van der Waals surface area contributed by atoms with E-state index in [1.807, 2.05) is 27.7 Å². The van der Waals surface area contributed by atoms with Gasteiger partial charge in [-0.15, -0.1) is 0 Å². The summed E-state index contributed by atoms with van der Waals surface area (Å²) < 4.78 is 65.1. The third-order valence-corrected chi connectivity index (χ3v) is 18.3. The van der Waals surface area contributed by atoms with Crippen LogP contribution < -0.4 is 42.6 Å². The number of likely N-dealkylation sites (N-methyl/N-ethyl adjacent to an activating group) is 2. The van der Waals surface area contributed by atoms with E-state index in [4.69, 9.17) is 52.1 Å². The minimum absolute atomic E-state index is 0.00307. The van der Waals surface area contributed by atoms with E-state index in [1.165, 1.54) is 11.1 Å². The molecule has 0 saturated carbocycles. The van der Waals surface area contributed by atoms with Crippen molar-refractivity contribution in [2.75, 3.05) is 76.3 Å². The Morgan fingerprint density at radius 2 is 1.04 bits per heavy atom. The molecule has 2 fully saturated rings. The molecular weight excluding hydrogens is 1010 g/mol. The second-order valence-electron chi connectivity index (χ2n) is 22.0. The van der Waals surface area contributed by atoms with Crippen LogP contribution in [0.5, 0.6) is 57.5 Å². The maximum absolute atomic E-state index is 11.4. The average Bonchev–Trinajstić information content (AvgIpc) is 4.02. The molecule has 0 spiro atoms. The SMILES string of the molecule is C=CCOc1c(C)c2c(c3c1CC1[C@H]4c5c(cc(C)c(OC)c5OCOC)C[C@@H]([C@H](C#N)N1[C@H]3CC)N4C)OCO2.CC[C@H]1c2c(c(O)c(C)c3c2OCO3)CC2[C@H]3c4c(cc(C)c(OC)c4OCOC)C[C@@H]([C@H](C#N)N21)N3C. The van der Waals surface area contributed by atoms with Gasteiger partial charge in [0.1, 0.15) is 30.2 Å². The summed E-state index contributed by atoms with van der Waals surface area (Å²) in [4.78, 5) is 9.54. The highest BCUT2D eigenvalue weighted by molar-refractivity contribution is 5.68. The average molecular weight is 1080 g/mol. The van der Waals surface area contributed by atoms with Crippen molar-refractivity contribution in [3.05, 3.63) is 91.5 Å². The largest absolute Gasteiger partial charge is 0.507 e. The summed E-state index contributed by atoms with van der Waals surface area (Å²) in [6.07, 6.45) is 6.03. The van der Waals surface area contributed by atoms with E-state index in [-0.39, 0.29) is 93.3 Å². The number of phenols is 1. The summed E-state index contributed by atoms with van der Waals surface area (Å²) in [7, 11) is 10.8. The number of ether oxygens (including phenoxy) is 11. The van der Waals surface area contributed by atoms with Crippen LogP contribution in [0.3, 0.4) is 0 Å². The van der Waals surface area contributed by atoms with Gasteiger partial charge in [0.2, 0.25) is 13.6 Å². The minimum atomic E-state index is -0.334. The van der Waals surface area contributed by atoms with Gasteiger partial charge in [-0.25, -0.2) is 0 Å². The highest BCUT2D eigenvalue weighted by atomic mass is 16.7. The standard InChI is InChI=1S/C32H39N3O6.C29H35N3O6/c1-8-10-38-29-18(4)30-32(41-16-40-30)26-20(29)13-23-27-25-19(11-17(3)28(37-7)31(25)39-15-36-6)12-22(34(27)5)24(14-33)35(23)21(26)9-2;1-7-18-23-17(25(33)15(3)27-29(23)38-13-37-27)10-20-24-22-16(9-19(31(24)4)21(11-30)32(18)20)8-14(2)26(35-6)28(22)36-12-34-5/h8,11,21-24,27H,1,9-10,12-13,15-16H2,2-7H3;8,18-21,24,33H,7,9-10,12-13H2,1-6H3/t21-,22-,23?,24-,27-;18-,19-,20?,21-,24-/m00/s1. The Labute approximate surface area is 463 Å². The number of fused-ring (bicyclic) bond motifs is 18. The lowest BCUT2D eigenvalue weighted by molar-refractivity contribution is -0.0745. The Balaban J connectivity index is 0.000000168. The molecule has 12 rings (SSSR count). The maximum Gasteiger partial charge on any atom is 0.231 e. The van der Waals surface area contributed by atoms with Gasteiger partial charge in [0.25, 0.3) is 0 Å². The van der Waals surface area contributed by atoms with Gasteiger partial charge in [-0.3, -0.25) is 19.6 Å². The summed E-state index contributed by atoms with van der Waals surface area (Å²) in [6, 6.07) is 8.75. The van der Waals surface area contributed by atoms with Crippen LogP contribution in [0.4, 0.5) is 0 Å². The molecule has 4 aromatic rings. The lowest BCUT2D eigenvalue weighted by Gasteiger charge is -2.60. The number of hydrogen-bond acceptors (Lipinski definition) is 18. The zero-order chi connectivity index (χ0) is 55.9. The molecule has 1 N–H and O–H groups in total. The van der Waals surface area contributed by atoms with Gasteiger partial charge < -0.3 is 57.2 Å². The predicted octanol–water partition coefficient (Wildman–Crippen LogP) is 8.68. The first kappa shape index (κ1) is 54.3. The van der Waals surface area contributed by atoms with Crippen LogP contribution in [0.25, 0.3) is 0 Å². The first-order valence-electron chi connectivity index (χ1n) is 27.5. The normalized spacial score (nSPS) is 26.6. The van der Waals surface area contributed by atoms with E-state index in [0.717, 1.165) is 105 Å². The van der Waals surface area contributed by atoms with Crippen LogP contribution in [0, 0.1) is 50.4 Å². The molecule has 79 heavy (non-hydrogen) atoms. The number of nitrogens with zero attached hydrogens (tertiary/aromatic N) is 6. The molecule has 2 unspecified atom stereocenters. The van der Waals surface area contributed by atoms with E-state index < -0.39 is 0 Å². The number of rotatable bonds is 13. The second-order valence-corrected chi connectivity index (χ2v) is 22.0. The fraction of sp³-hybridized carbons (Fsp3) is 0.541. The Bertz CT molecular complexity index is 3170. The molecule has 0 aromatic heterocycles. The van der Waals surface area contributed by atoms with Crippen molar-refractivity contribution in [2.45, 2.75) is 140 Å². The van der Waals surface area contributed by atoms with Gasteiger partial charge in [-0.1, -0.05) is 38.6 Å². The number of phenolic OH excluding ortho intramolecular Hbond substituents is 1. The van der Waals surface area contributed by atoms with E-state index in [0.29, 0.717) is 48.0 Å². The van der Waals surface area contributed by atoms with Crippen molar-refractivity contribution in [3.8, 4) is 69.6 Å². The molecule has 10 atom stereocenters. The number of piperazine rings is 2. The number of benzene rings is 4. The molecular formula is C61H74N6O12. The molecule has 18 heteroatoms. The first-order valence-corrected chi connectivity index (χ1v) is 27.5. The van der Waals surface area contributed by atoms with E-state index in [2.05, 4.69) is 78.4 Å². The van der Waals surface area contributed by atoms with E-state index >= 15 is 0 Å². The topological polar surface area (TPSA) is 182 Å². The molecule has 8 aliphatic rings. The third kappa shape index (κ3) is 8.14. The van der Waals surface area contributed by atoms with E-state index in [1.54, 1.807) is 34.5 Å². The number of aryl methyl sites for hydroxylation is 2. The summed E-state index contributed by atoms with van der Waals surface area (Å²) >= 11 is 0. The lowest BCUT2D eigenvalue weighted by atomic mass is 9.71. The van der Waals surface area contributed by atoms with Crippen LogP contribution in [0.2, 0.25) is 0 Å². The van der Waals surface area contributed by atoms with Gasteiger partial charge in [0, 0.05) is 95.0 Å². The lowest BCUT2D eigenvalue weighted by Crippen LogP contribution is -2.68. The van der Waals surface area contributed by atoms with Gasteiger partial charge in [0.15, 0.2) is 59.6 Å².